The van der Waals surface area contributed by atoms with E-state index in [1.807, 2.05) is 13.0 Å². The van der Waals surface area contributed by atoms with E-state index >= 15 is 0 Å². The number of ether oxygens (including phenoxy) is 2. The first-order valence-electron chi connectivity index (χ1n) is 9.95. The maximum Gasteiger partial charge on any atom is 0.264 e. The van der Waals surface area contributed by atoms with Crippen molar-refractivity contribution >= 4 is 34.8 Å². The van der Waals surface area contributed by atoms with Gasteiger partial charge in [-0.05, 0) is 55.3 Å². The Morgan fingerprint density at radius 1 is 1.31 bits per heavy atom. The van der Waals surface area contributed by atoms with Crippen LogP contribution in [0.2, 0.25) is 0 Å². The van der Waals surface area contributed by atoms with Crippen molar-refractivity contribution < 1.29 is 19.1 Å². The van der Waals surface area contributed by atoms with E-state index in [1.54, 1.807) is 18.2 Å². The summed E-state index contributed by atoms with van der Waals surface area (Å²) >= 11 is 1.37. The molecule has 0 unspecified atom stereocenters. The lowest BCUT2D eigenvalue weighted by molar-refractivity contribution is -0.123. The van der Waals surface area contributed by atoms with Crippen LogP contribution in [0.15, 0.2) is 28.1 Å². The Balaban J connectivity index is 1.68. The van der Waals surface area contributed by atoms with Crippen molar-refractivity contribution in [3.63, 3.8) is 0 Å². The van der Waals surface area contributed by atoms with E-state index in [4.69, 9.17) is 14.5 Å². The Kier molecular flexibility index (Phi) is 7.57. The molecule has 2 amide bonds. The number of methoxy groups -OCH3 is 1. The molecule has 2 aliphatic rings. The molecule has 1 aromatic carbocycles. The molecular formula is C21H27N3O4S. The summed E-state index contributed by atoms with van der Waals surface area (Å²) in [6.45, 7) is 2.32. The Morgan fingerprint density at radius 3 is 2.83 bits per heavy atom. The van der Waals surface area contributed by atoms with Crippen LogP contribution in [-0.2, 0) is 9.59 Å². The van der Waals surface area contributed by atoms with Gasteiger partial charge in [-0.25, -0.2) is 0 Å². The van der Waals surface area contributed by atoms with Crippen LogP contribution in [-0.4, -0.2) is 43.3 Å². The van der Waals surface area contributed by atoms with Crippen LogP contribution in [0.4, 0.5) is 0 Å². The molecule has 1 aliphatic carbocycles. The second-order valence-corrected chi connectivity index (χ2v) is 7.97. The summed E-state index contributed by atoms with van der Waals surface area (Å²) in [6, 6.07) is 5.66. The largest absolute Gasteiger partial charge is 0.493 e. The molecule has 0 atom stereocenters. The summed E-state index contributed by atoms with van der Waals surface area (Å²) in [4.78, 5) is 29.2. The highest BCUT2D eigenvalue weighted by atomic mass is 32.2. The van der Waals surface area contributed by atoms with E-state index in [0.717, 1.165) is 18.4 Å². The third-order valence-electron chi connectivity index (χ3n) is 4.74. The van der Waals surface area contributed by atoms with E-state index in [1.165, 1.54) is 38.1 Å². The fourth-order valence-corrected chi connectivity index (χ4v) is 4.19. The number of amides is 2. The zero-order valence-corrected chi connectivity index (χ0v) is 17.6. The Bertz CT molecular complexity index is 816. The number of amidine groups is 1. The average Bonchev–Trinajstić information content (AvgIpc) is 3.06. The van der Waals surface area contributed by atoms with Gasteiger partial charge in [0.1, 0.15) is 0 Å². The van der Waals surface area contributed by atoms with E-state index in [-0.39, 0.29) is 18.4 Å². The van der Waals surface area contributed by atoms with E-state index in [9.17, 15) is 9.59 Å². The standard InChI is InChI=1S/C21H27N3O4S/c1-3-22-19(25)13-28-16-10-9-14(11-17(16)27-2)12-18-20(26)24-21(29-18)23-15-7-5-4-6-8-15/h9-12,15H,3-8,13H2,1-2H3,(H,22,25)(H,23,24,26). The number of carbonyl (C=O) groups excluding carboxylic acids is 2. The van der Waals surface area contributed by atoms with Crippen molar-refractivity contribution in [3.05, 3.63) is 28.7 Å². The molecule has 8 heteroatoms. The van der Waals surface area contributed by atoms with Crippen molar-refractivity contribution in [3.8, 4) is 11.5 Å². The summed E-state index contributed by atoms with van der Waals surface area (Å²) in [7, 11) is 1.54. The number of nitrogens with zero attached hydrogens (tertiary/aromatic N) is 1. The smallest absolute Gasteiger partial charge is 0.264 e. The van der Waals surface area contributed by atoms with Gasteiger partial charge in [-0.1, -0.05) is 25.3 Å². The molecule has 1 aliphatic heterocycles. The van der Waals surface area contributed by atoms with E-state index in [0.29, 0.717) is 34.2 Å². The van der Waals surface area contributed by atoms with Gasteiger partial charge >= 0.3 is 0 Å². The van der Waals surface area contributed by atoms with Crippen molar-refractivity contribution in [1.82, 2.24) is 10.6 Å². The van der Waals surface area contributed by atoms with Gasteiger partial charge in [0.05, 0.1) is 18.1 Å². The second kappa shape index (κ2) is 10.3. The molecule has 29 heavy (non-hydrogen) atoms. The molecule has 2 fully saturated rings. The molecule has 7 nitrogen and oxygen atoms in total. The molecular weight excluding hydrogens is 390 g/mol. The van der Waals surface area contributed by atoms with Crippen LogP contribution in [0, 0.1) is 0 Å². The first kappa shape index (κ1) is 21.2. The van der Waals surface area contributed by atoms with Gasteiger partial charge in [0.15, 0.2) is 23.3 Å². The quantitative estimate of drug-likeness (QED) is 0.666. The topological polar surface area (TPSA) is 89.0 Å². The minimum Gasteiger partial charge on any atom is -0.493 e. The SMILES string of the molecule is CCNC(=O)COc1ccc(C=C2SC(=NC3CCCCC3)NC2=O)cc1OC. The highest BCUT2D eigenvalue weighted by Gasteiger charge is 2.25. The third-order valence-corrected chi connectivity index (χ3v) is 5.67. The minimum absolute atomic E-state index is 0.0795. The monoisotopic (exact) mass is 417 g/mol. The third kappa shape index (κ3) is 6.00. The van der Waals surface area contributed by atoms with Crippen molar-refractivity contribution in [2.45, 2.75) is 45.1 Å². The van der Waals surface area contributed by atoms with Gasteiger partial charge in [0.25, 0.3) is 11.8 Å². The number of hydrogen-bond donors (Lipinski definition) is 2. The molecule has 3 rings (SSSR count). The molecule has 156 valence electrons. The van der Waals surface area contributed by atoms with E-state index in [2.05, 4.69) is 10.6 Å². The summed E-state index contributed by atoms with van der Waals surface area (Å²) < 4.78 is 10.9. The lowest BCUT2D eigenvalue weighted by atomic mass is 9.96. The maximum atomic E-state index is 12.3. The fourth-order valence-electron chi connectivity index (χ4n) is 3.30. The van der Waals surface area contributed by atoms with Crippen molar-refractivity contribution in [1.29, 1.82) is 0 Å². The molecule has 1 aromatic rings. The normalized spacial score (nSPS) is 20.0. The molecule has 0 spiro atoms. The van der Waals surface area contributed by atoms with Crippen LogP contribution in [0.3, 0.4) is 0 Å². The average molecular weight is 418 g/mol. The summed E-state index contributed by atoms with van der Waals surface area (Å²) in [5.74, 6) is 0.650. The Hall–Kier alpha value is -2.48. The van der Waals surface area contributed by atoms with Crippen LogP contribution >= 0.6 is 11.8 Å². The zero-order chi connectivity index (χ0) is 20.6. The molecule has 2 N–H and O–H groups in total. The van der Waals surface area contributed by atoms with Crippen molar-refractivity contribution in [2.75, 3.05) is 20.3 Å². The van der Waals surface area contributed by atoms with Gasteiger partial charge in [0.2, 0.25) is 0 Å². The van der Waals surface area contributed by atoms with Gasteiger partial charge in [0, 0.05) is 6.54 Å². The first-order chi connectivity index (χ1) is 14.1. The van der Waals surface area contributed by atoms with Crippen LogP contribution in [0.5, 0.6) is 11.5 Å². The number of nitrogens with one attached hydrogen (secondary N) is 2. The van der Waals surface area contributed by atoms with Gasteiger partial charge in [-0.2, -0.15) is 0 Å². The maximum absolute atomic E-state index is 12.3. The number of rotatable bonds is 7. The fraction of sp³-hybridized carbons (Fsp3) is 0.476. The summed E-state index contributed by atoms with van der Waals surface area (Å²) in [5.41, 5.74) is 0.809. The number of likely N-dealkylation sites (N-methyl/N-ethyl adjacent to an activating group) is 1. The predicted octanol–water partition coefficient (Wildman–Crippen LogP) is 3.10. The number of carbonyl (C=O) groups is 2. The number of hydrogen-bond acceptors (Lipinski definition) is 6. The van der Waals surface area contributed by atoms with Crippen LogP contribution in [0.25, 0.3) is 6.08 Å². The Morgan fingerprint density at radius 2 is 2.10 bits per heavy atom. The molecule has 0 radical (unpaired) electrons. The highest BCUT2D eigenvalue weighted by molar-refractivity contribution is 8.18. The zero-order valence-electron chi connectivity index (χ0n) is 16.8. The number of benzene rings is 1. The predicted molar refractivity (Wildman–Crippen MR) is 115 cm³/mol. The number of aliphatic imine (C=N–C) groups is 1. The van der Waals surface area contributed by atoms with Gasteiger partial charge < -0.3 is 20.1 Å². The molecule has 0 bridgehead atoms. The summed E-state index contributed by atoms with van der Waals surface area (Å²) in [6.07, 6.45) is 7.67. The number of thioether (sulfide) groups is 1. The lowest BCUT2D eigenvalue weighted by Gasteiger charge is -2.17. The highest BCUT2D eigenvalue weighted by Crippen LogP contribution is 2.32. The second-order valence-electron chi connectivity index (χ2n) is 6.94. The molecule has 1 saturated heterocycles. The van der Waals surface area contributed by atoms with E-state index < -0.39 is 0 Å². The molecule has 1 saturated carbocycles. The van der Waals surface area contributed by atoms with Crippen LogP contribution < -0.4 is 20.1 Å². The summed E-state index contributed by atoms with van der Waals surface area (Å²) in [5, 5.41) is 6.22. The molecule has 1 heterocycles. The Labute approximate surface area is 175 Å². The van der Waals surface area contributed by atoms with Crippen LogP contribution in [0.1, 0.15) is 44.6 Å². The first-order valence-corrected chi connectivity index (χ1v) is 10.8. The van der Waals surface area contributed by atoms with Crippen molar-refractivity contribution in [2.24, 2.45) is 4.99 Å². The van der Waals surface area contributed by atoms with Gasteiger partial charge in [-0.3, -0.25) is 14.6 Å². The molecule has 0 aromatic heterocycles. The lowest BCUT2D eigenvalue weighted by Crippen LogP contribution is -2.28. The van der Waals surface area contributed by atoms with Gasteiger partial charge in [-0.15, -0.1) is 0 Å². The minimum atomic E-state index is -0.190.